The van der Waals surface area contributed by atoms with E-state index in [1.807, 2.05) is 0 Å². The Morgan fingerprint density at radius 3 is 2.95 bits per heavy atom. The molecule has 1 atom stereocenters. The number of hydrogen-bond acceptors (Lipinski definition) is 3. The Kier molecular flexibility index (Phi) is 5.66. The van der Waals surface area contributed by atoms with Gasteiger partial charge < -0.3 is 15.0 Å². The summed E-state index contributed by atoms with van der Waals surface area (Å²) in [7, 11) is 3.32. The van der Waals surface area contributed by atoms with Crippen LogP contribution in [0.1, 0.15) is 25.7 Å². The Labute approximate surface area is 135 Å². The molecule has 0 aliphatic carbocycles. The zero-order valence-corrected chi connectivity index (χ0v) is 13.7. The molecule has 1 aromatic rings. The minimum absolute atomic E-state index is 0.0470. The van der Waals surface area contributed by atoms with Crippen molar-refractivity contribution in [1.29, 1.82) is 0 Å². The standard InChI is InChI=1S/C16H21ClN2O3/c1-19-8-4-3-5-11(16(19)21)9-15(20)18-13-10-12(17)6-7-14(13)22-2/h6-7,10-11H,3-5,8-9H2,1-2H3,(H,18,20). The SMILES string of the molecule is COc1ccc(Cl)cc1NC(=O)CC1CCCCN(C)C1=O. The number of nitrogens with zero attached hydrogens (tertiary/aromatic N) is 1. The Balaban J connectivity index is 2.03. The maximum Gasteiger partial charge on any atom is 0.225 e. The molecule has 22 heavy (non-hydrogen) atoms. The fraction of sp³-hybridized carbons (Fsp3) is 0.500. The lowest BCUT2D eigenvalue weighted by Gasteiger charge is -2.19. The first kappa shape index (κ1) is 16.6. The molecule has 2 amide bonds. The van der Waals surface area contributed by atoms with Gasteiger partial charge in [0, 0.05) is 31.0 Å². The molecule has 1 aliphatic heterocycles. The van der Waals surface area contributed by atoms with E-state index in [2.05, 4.69) is 5.32 Å². The molecule has 1 aliphatic rings. The number of carbonyl (C=O) groups excluding carboxylic acids is 2. The van der Waals surface area contributed by atoms with Gasteiger partial charge in [-0.15, -0.1) is 0 Å². The summed E-state index contributed by atoms with van der Waals surface area (Å²) in [6, 6.07) is 5.03. The van der Waals surface area contributed by atoms with E-state index in [0.29, 0.717) is 16.5 Å². The summed E-state index contributed by atoms with van der Waals surface area (Å²) in [6.45, 7) is 0.763. The maximum absolute atomic E-state index is 12.2. The third kappa shape index (κ3) is 4.13. The molecule has 0 aromatic heterocycles. The van der Waals surface area contributed by atoms with E-state index in [9.17, 15) is 9.59 Å². The van der Waals surface area contributed by atoms with Gasteiger partial charge in [0.1, 0.15) is 5.75 Å². The molecule has 120 valence electrons. The van der Waals surface area contributed by atoms with Gasteiger partial charge >= 0.3 is 0 Å². The van der Waals surface area contributed by atoms with Gasteiger partial charge in [0.25, 0.3) is 0 Å². The molecule has 1 saturated heterocycles. The van der Waals surface area contributed by atoms with Gasteiger partial charge in [-0.1, -0.05) is 18.0 Å². The van der Waals surface area contributed by atoms with Gasteiger partial charge in [-0.05, 0) is 31.0 Å². The summed E-state index contributed by atoms with van der Waals surface area (Å²) in [5.74, 6) is 0.139. The van der Waals surface area contributed by atoms with Gasteiger partial charge in [-0.25, -0.2) is 0 Å². The number of carbonyl (C=O) groups is 2. The van der Waals surface area contributed by atoms with Crippen molar-refractivity contribution in [1.82, 2.24) is 4.90 Å². The maximum atomic E-state index is 12.2. The summed E-state index contributed by atoms with van der Waals surface area (Å²) in [5, 5.41) is 3.30. The van der Waals surface area contributed by atoms with Crippen LogP contribution >= 0.6 is 11.6 Å². The van der Waals surface area contributed by atoms with Crippen LogP contribution in [0.2, 0.25) is 5.02 Å². The molecular weight excluding hydrogens is 304 g/mol. The van der Waals surface area contributed by atoms with Crippen molar-refractivity contribution in [3.8, 4) is 5.75 Å². The summed E-state index contributed by atoms with van der Waals surface area (Å²) in [4.78, 5) is 26.2. The van der Waals surface area contributed by atoms with Crippen LogP contribution in [0.25, 0.3) is 0 Å². The minimum atomic E-state index is -0.252. The van der Waals surface area contributed by atoms with Crippen molar-refractivity contribution in [2.45, 2.75) is 25.7 Å². The molecule has 1 N–H and O–H groups in total. The van der Waals surface area contributed by atoms with Gasteiger partial charge in [0.2, 0.25) is 11.8 Å². The number of halogens is 1. The smallest absolute Gasteiger partial charge is 0.225 e. The first-order valence-electron chi connectivity index (χ1n) is 7.39. The zero-order valence-electron chi connectivity index (χ0n) is 12.9. The van der Waals surface area contributed by atoms with E-state index >= 15 is 0 Å². The van der Waals surface area contributed by atoms with Gasteiger partial charge in [-0.2, -0.15) is 0 Å². The largest absolute Gasteiger partial charge is 0.495 e. The van der Waals surface area contributed by atoms with Gasteiger partial charge in [-0.3, -0.25) is 9.59 Å². The van der Waals surface area contributed by atoms with Crippen LogP contribution in [0.5, 0.6) is 5.75 Å². The molecule has 0 saturated carbocycles. The molecule has 2 rings (SSSR count). The first-order chi connectivity index (χ1) is 10.5. The highest BCUT2D eigenvalue weighted by Gasteiger charge is 2.27. The van der Waals surface area contributed by atoms with Crippen molar-refractivity contribution in [2.24, 2.45) is 5.92 Å². The predicted octanol–water partition coefficient (Wildman–Crippen LogP) is 2.94. The number of benzene rings is 1. The molecular formula is C16H21ClN2O3. The van der Waals surface area contributed by atoms with Crippen molar-refractivity contribution in [3.63, 3.8) is 0 Å². The van der Waals surface area contributed by atoms with Crippen LogP contribution in [-0.4, -0.2) is 37.4 Å². The number of rotatable bonds is 4. The van der Waals surface area contributed by atoms with Crippen LogP contribution in [0.3, 0.4) is 0 Å². The number of methoxy groups -OCH3 is 1. The van der Waals surface area contributed by atoms with E-state index < -0.39 is 0 Å². The number of hydrogen-bond donors (Lipinski definition) is 1. The van der Waals surface area contributed by atoms with Crippen molar-refractivity contribution < 1.29 is 14.3 Å². The lowest BCUT2D eigenvalue weighted by Crippen LogP contribution is -2.33. The molecule has 1 fully saturated rings. The molecule has 0 bridgehead atoms. The van der Waals surface area contributed by atoms with E-state index in [0.717, 1.165) is 25.8 Å². The Morgan fingerprint density at radius 2 is 2.23 bits per heavy atom. The van der Waals surface area contributed by atoms with Gasteiger partial charge in [0.05, 0.1) is 12.8 Å². The van der Waals surface area contributed by atoms with E-state index in [4.69, 9.17) is 16.3 Å². The van der Waals surface area contributed by atoms with E-state index in [-0.39, 0.29) is 24.2 Å². The molecule has 0 radical (unpaired) electrons. The minimum Gasteiger partial charge on any atom is -0.495 e. The Hall–Kier alpha value is -1.75. The second-order valence-electron chi connectivity index (χ2n) is 5.55. The molecule has 0 spiro atoms. The third-order valence-corrected chi connectivity index (χ3v) is 4.12. The molecule has 1 aromatic carbocycles. The quantitative estimate of drug-likeness (QED) is 0.926. The predicted molar refractivity (Wildman–Crippen MR) is 86.2 cm³/mol. The first-order valence-corrected chi connectivity index (χ1v) is 7.77. The van der Waals surface area contributed by atoms with Crippen LogP contribution in [0.15, 0.2) is 18.2 Å². The highest BCUT2D eigenvalue weighted by molar-refractivity contribution is 6.31. The van der Waals surface area contributed by atoms with Crippen LogP contribution in [0.4, 0.5) is 5.69 Å². The second kappa shape index (κ2) is 7.49. The van der Waals surface area contributed by atoms with E-state index in [1.165, 1.54) is 7.11 Å². The third-order valence-electron chi connectivity index (χ3n) is 3.89. The molecule has 1 unspecified atom stereocenters. The highest BCUT2D eigenvalue weighted by atomic mass is 35.5. The molecule has 1 heterocycles. The van der Waals surface area contributed by atoms with Gasteiger partial charge in [0.15, 0.2) is 0 Å². The highest BCUT2D eigenvalue weighted by Crippen LogP contribution is 2.28. The fourth-order valence-corrected chi connectivity index (χ4v) is 2.85. The fourth-order valence-electron chi connectivity index (χ4n) is 2.68. The topological polar surface area (TPSA) is 58.6 Å². The number of amides is 2. The van der Waals surface area contributed by atoms with E-state index in [1.54, 1.807) is 30.1 Å². The van der Waals surface area contributed by atoms with Crippen molar-refractivity contribution in [3.05, 3.63) is 23.2 Å². The number of ether oxygens (including phenoxy) is 1. The summed E-state index contributed by atoms with van der Waals surface area (Å²) in [6.07, 6.45) is 2.89. The lowest BCUT2D eigenvalue weighted by molar-refractivity contribution is -0.135. The lowest BCUT2D eigenvalue weighted by atomic mass is 9.98. The van der Waals surface area contributed by atoms with Crippen LogP contribution in [-0.2, 0) is 9.59 Å². The van der Waals surface area contributed by atoms with Crippen molar-refractivity contribution in [2.75, 3.05) is 26.0 Å². The number of nitrogens with one attached hydrogen (secondary N) is 1. The summed E-state index contributed by atoms with van der Waals surface area (Å²) in [5.41, 5.74) is 0.523. The normalized spacial score (nSPS) is 18.8. The average Bonchev–Trinajstić information content (AvgIpc) is 2.63. The van der Waals surface area contributed by atoms with Crippen molar-refractivity contribution >= 4 is 29.1 Å². The zero-order chi connectivity index (χ0) is 16.1. The summed E-state index contributed by atoms with van der Waals surface area (Å²) >= 11 is 5.95. The monoisotopic (exact) mass is 324 g/mol. The number of anilines is 1. The average molecular weight is 325 g/mol. The van der Waals surface area contributed by atoms with Crippen LogP contribution < -0.4 is 10.1 Å². The number of likely N-dealkylation sites (tertiary alicyclic amines) is 1. The second-order valence-corrected chi connectivity index (χ2v) is 5.99. The van der Waals surface area contributed by atoms with Crippen LogP contribution in [0, 0.1) is 5.92 Å². The Bertz CT molecular complexity index is 562. The Morgan fingerprint density at radius 1 is 1.45 bits per heavy atom. The summed E-state index contributed by atoms with van der Waals surface area (Å²) < 4.78 is 5.20. The molecule has 6 heteroatoms. The molecule has 5 nitrogen and oxygen atoms in total.